The third-order valence-electron chi connectivity index (χ3n) is 5.22. The van der Waals surface area contributed by atoms with Crippen molar-refractivity contribution in [2.24, 2.45) is 5.92 Å². The number of hydrogen-bond acceptors (Lipinski definition) is 5. The molecule has 1 saturated heterocycles. The number of aryl methyl sites for hydroxylation is 1. The quantitative estimate of drug-likeness (QED) is 0.849. The van der Waals surface area contributed by atoms with Gasteiger partial charge in [0.1, 0.15) is 11.7 Å². The third kappa shape index (κ3) is 3.73. The summed E-state index contributed by atoms with van der Waals surface area (Å²) in [5, 5.41) is 9.62. The Morgan fingerprint density at radius 1 is 1.17 bits per heavy atom. The molecule has 1 aliphatic heterocycles. The van der Waals surface area contributed by atoms with Gasteiger partial charge in [-0.2, -0.15) is 5.26 Å². The summed E-state index contributed by atoms with van der Waals surface area (Å²) in [5.74, 6) is 0.433. The smallest absolute Gasteiger partial charge is 0.274 e. The van der Waals surface area contributed by atoms with Gasteiger partial charge in [-0.15, -0.1) is 0 Å². The molecule has 0 N–H and O–H groups in total. The van der Waals surface area contributed by atoms with E-state index >= 15 is 0 Å². The molecule has 1 saturated carbocycles. The number of piperazine rings is 1. The van der Waals surface area contributed by atoms with Gasteiger partial charge in [0, 0.05) is 32.4 Å². The summed E-state index contributed by atoms with van der Waals surface area (Å²) in [7, 11) is 0. The van der Waals surface area contributed by atoms with E-state index in [9.17, 15) is 10.1 Å². The van der Waals surface area contributed by atoms with Crippen LogP contribution < -0.4 is 0 Å². The molecule has 1 aromatic heterocycles. The van der Waals surface area contributed by atoms with E-state index in [1.165, 1.54) is 19.3 Å². The Bertz CT molecular complexity index is 595. The summed E-state index contributed by atoms with van der Waals surface area (Å²) in [5.41, 5.74) is 1.21. The zero-order valence-corrected chi connectivity index (χ0v) is 14.3. The minimum Gasteiger partial charge on any atom is -0.335 e. The van der Waals surface area contributed by atoms with Crippen LogP contribution in [0.3, 0.4) is 0 Å². The number of rotatable bonds is 3. The standard InChI is InChI=1S/C18H25N5O/c1-14-12-21-16(13-20-14)18(24)23-9-7-22(8-10-23)17(11-19)15-5-3-2-4-6-15/h12-13,15,17H,2-10H2,1H3/t17-/m0/s1. The first kappa shape index (κ1) is 16.8. The lowest BCUT2D eigenvalue weighted by Crippen LogP contribution is -2.53. The fourth-order valence-corrected chi connectivity index (χ4v) is 3.80. The lowest BCUT2D eigenvalue weighted by Gasteiger charge is -2.40. The fraction of sp³-hybridized carbons (Fsp3) is 0.667. The van der Waals surface area contributed by atoms with E-state index in [0.29, 0.717) is 24.7 Å². The number of hydrogen-bond donors (Lipinski definition) is 0. The summed E-state index contributed by atoms with van der Waals surface area (Å²) < 4.78 is 0. The van der Waals surface area contributed by atoms with Crippen LogP contribution in [-0.4, -0.2) is 57.9 Å². The predicted octanol–water partition coefficient (Wildman–Crippen LogP) is 2.02. The van der Waals surface area contributed by atoms with Gasteiger partial charge in [0.15, 0.2) is 0 Å². The molecule has 2 fully saturated rings. The Balaban J connectivity index is 1.57. The van der Waals surface area contributed by atoms with Crippen LogP contribution in [0.15, 0.2) is 12.4 Å². The Hall–Kier alpha value is -2.00. The van der Waals surface area contributed by atoms with Crippen LogP contribution in [0.2, 0.25) is 0 Å². The average Bonchev–Trinajstić information content (AvgIpc) is 2.64. The van der Waals surface area contributed by atoms with Crippen molar-refractivity contribution in [2.75, 3.05) is 26.2 Å². The number of nitriles is 1. The number of carbonyl (C=O) groups excluding carboxylic acids is 1. The van der Waals surface area contributed by atoms with E-state index in [1.54, 1.807) is 12.4 Å². The first-order valence-electron chi connectivity index (χ1n) is 8.90. The van der Waals surface area contributed by atoms with Gasteiger partial charge in [-0.3, -0.25) is 14.7 Å². The van der Waals surface area contributed by atoms with Crippen LogP contribution in [0.5, 0.6) is 0 Å². The van der Waals surface area contributed by atoms with Crippen molar-refractivity contribution in [1.29, 1.82) is 5.26 Å². The lowest BCUT2D eigenvalue weighted by molar-refractivity contribution is 0.0533. The van der Waals surface area contributed by atoms with Gasteiger partial charge in [0.25, 0.3) is 5.91 Å². The molecule has 3 rings (SSSR count). The summed E-state index contributed by atoms with van der Waals surface area (Å²) in [4.78, 5) is 24.9. The van der Waals surface area contributed by atoms with Crippen LogP contribution in [-0.2, 0) is 0 Å². The number of aromatic nitrogens is 2. The second-order valence-corrected chi connectivity index (χ2v) is 6.84. The summed E-state index contributed by atoms with van der Waals surface area (Å²) in [6.45, 7) is 4.69. The Morgan fingerprint density at radius 2 is 1.88 bits per heavy atom. The van der Waals surface area contributed by atoms with Crippen LogP contribution in [0.25, 0.3) is 0 Å². The molecule has 1 aliphatic carbocycles. The van der Waals surface area contributed by atoms with Crippen LogP contribution in [0.4, 0.5) is 0 Å². The van der Waals surface area contributed by atoms with Gasteiger partial charge >= 0.3 is 0 Å². The van der Waals surface area contributed by atoms with Gasteiger partial charge in [0.2, 0.25) is 0 Å². The molecule has 0 unspecified atom stereocenters. The van der Waals surface area contributed by atoms with E-state index in [1.807, 2.05) is 11.8 Å². The molecule has 6 nitrogen and oxygen atoms in total. The largest absolute Gasteiger partial charge is 0.335 e. The predicted molar refractivity (Wildman–Crippen MR) is 90.2 cm³/mol. The van der Waals surface area contributed by atoms with Crippen LogP contribution >= 0.6 is 0 Å². The van der Waals surface area contributed by atoms with Crippen molar-refractivity contribution in [3.63, 3.8) is 0 Å². The molecule has 0 aromatic carbocycles. The minimum atomic E-state index is -0.0617. The summed E-state index contributed by atoms with van der Waals surface area (Å²) >= 11 is 0. The molecule has 6 heteroatoms. The van der Waals surface area contributed by atoms with Crippen LogP contribution in [0, 0.1) is 24.2 Å². The van der Waals surface area contributed by atoms with Crippen molar-refractivity contribution in [1.82, 2.24) is 19.8 Å². The van der Waals surface area contributed by atoms with E-state index < -0.39 is 0 Å². The maximum Gasteiger partial charge on any atom is 0.274 e. The zero-order valence-electron chi connectivity index (χ0n) is 14.3. The molecule has 0 spiro atoms. The number of amides is 1. The maximum absolute atomic E-state index is 12.5. The van der Waals surface area contributed by atoms with Crippen molar-refractivity contribution >= 4 is 5.91 Å². The topological polar surface area (TPSA) is 73.1 Å². The normalized spacial score (nSPS) is 21.2. The molecule has 2 aliphatic rings. The van der Waals surface area contributed by atoms with E-state index in [4.69, 9.17) is 0 Å². The zero-order chi connectivity index (χ0) is 16.9. The van der Waals surface area contributed by atoms with Crippen molar-refractivity contribution in [3.05, 3.63) is 23.8 Å². The van der Waals surface area contributed by atoms with Crippen molar-refractivity contribution in [3.8, 4) is 6.07 Å². The van der Waals surface area contributed by atoms with Gasteiger partial charge in [-0.05, 0) is 25.7 Å². The van der Waals surface area contributed by atoms with Gasteiger partial charge in [0.05, 0.1) is 18.0 Å². The highest BCUT2D eigenvalue weighted by Crippen LogP contribution is 2.29. The second-order valence-electron chi connectivity index (χ2n) is 6.84. The maximum atomic E-state index is 12.5. The molecule has 24 heavy (non-hydrogen) atoms. The van der Waals surface area contributed by atoms with E-state index in [2.05, 4.69) is 20.9 Å². The first-order valence-corrected chi connectivity index (χ1v) is 8.90. The van der Waals surface area contributed by atoms with Gasteiger partial charge < -0.3 is 4.90 Å². The Labute approximate surface area is 143 Å². The second kappa shape index (κ2) is 7.71. The molecule has 128 valence electrons. The molecule has 0 radical (unpaired) electrons. The Morgan fingerprint density at radius 3 is 2.46 bits per heavy atom. The van der Waals surface area contributed by atoms with E-state index in [0.717, 1.165) is 31.6 Å². The lowest BCUT2D eigenvalue weighted by atomic mass is 9.83. The van der Waals surface area contributed by atoms with Crippen molar-refractivity contribution < 1.29 is 4.79 Å². The number of nitrogens with zero attached hydrogens (tertiary/aromatic N) is 5. The highest BCUT2D eigenvalue weighted by atomic mass is 16.2. The molecule has 1 aromatic rings. The monoisotopic (exact) mass is 327 g/mol. The van der Waals surface area contributed by atoms with E-state index in [-0.39, 0.29) is 11.9 Å². The fourth-order valence-electron chi connectivity index (χ4n) is 3.80. The summed E-state index contributed by atoms with van der Waals surface area (Å²) in [6, 6.07) is 2.53. The SMILES string of the molecule is Cc1cnc(C(=O)N2CCN([C@@H](C#N)C3CCCCC3)CC2)cn1. The minimum absolute atomic E-state index is 0.00159. The number of carbonyl (C=O) groups is 1. The summed E-state index contributed by atoms with van der Waals surface area (Å²) in [6.07, 6.45) is 9.28. The molecule has 1 atom stereocenters. The van der Waals surface area contributed by atoms with Gasteiger partial charge in [-0.25, -0.2) is 4.98 Å². The highest BCUT2D eigenvalue weighted by Gasteiger charge is 2.32. The molecular formula is C18H25N5O. The van der Waals surface area contributed by atoms with Crippen molar-refractivity contribution in [2.45, 2.75) is 45.1 Å². The van der Waals surface area contributed by atoms with Crippen LogP contribution in [0.1, 0.15) is 48.3 Å². The molecule has 1 amide bonds. The highest BCUT2D eigenvalue weighted by molar-refractivity contribution is 5.92. The molecule has 0 bridgehead atoms. The average molecular weight is 327 g/mol. The molecule has 2 heterocycles. The Kier molecular flexibility index (Phi) is 5.41. The first-order chi connectivity index (χ1) is 11.7. The van der Waals surface area contributed by atoms with Gasteiger partial charge in [-0.1, -0.05) is 19.3 Å². The molecular weight excluding hydrogens is 302 g/mol. The third-order valence-corrected chi connectivity index (χ3v) is 5.22.